The maximum atomic E-state index is 6.04. The maximum absolute atomic E-state index is 6.04. The van der Waals surface area contributed by atoms with Crippen molar-refractivity contribution in [2.45, 2.75) is 0 Å². The highest BCUT2D eigenvalue weighted by Crippen LogP contribution is 2.29. The summed E-state index contributed by atoms with van der Waals surface area (Å²) >= 11 is 3.40. The molecular weight excluding hydrogens is 292 g/mol. The van der Waals surface area contributed by atoms with Gasteiger partial charge in [0.05, 0.1) is 5.52 Å². The summed E-state index contributed by atoms with van der Waals surface area (Å²) in [5.74, 6) is 0.828. The lowest BCUT2D eigenvalue weighted by atomic mass is 10.2. The number of nitrogen functional groups attached to an aromatic ring is 1. The molecule has 2 heterocycles. The average Bonchev–Trinajstić information content (AvgIpc) is 2.68. The zero-order valence-electron chi connectivity index (χ0n) is 9.76. The van der Waals surface area contributed by atoms with Gasteiger partial charge in [0.2, 0.25) is 0 Å². The van der Waals surface area contributed by atoms with Crippen molar-refractivity contribution in [2.75, 3.05) is 5.73 Å². The van der Waals surface area contributed by atoms with Gasteiger partial charge in [0.1, 0.15) is 5.82 Å². The van der Waals surface area contributed by atoms with E-state index in [1.807, 2.05) is 41.9 Å². The number of benzene rings is 1. The number of hydrogen-bond acceptors (Lipinski definition) is 3. The molecule has 1 aromatic carbocycles. The Labute approximate surface area is 113 Å². The molecule has 0 aliphatic carbocycles. The monoisotopic (exact) mass is 302 g/mol. The normalized spacial score (nSPS) is 11.0. The summed E-state index contributed by atoms with van der Waals surface area (Å²) in [5, 5.41) is 0. The maximum Gasteiger partial charge on any atom is 0.178 e. The van der Waals surface area contributed by atoms with Gasteiger partial charge in [-0.05, 0) is 30.3 Å². The van der Waals surface area contributed by atoms with Crippen molar-refractivity contribution < 1.29 is 0 Å². The van der Waals surface area contributed by atoms with Gasteiger partial charge >= 0.3 is 0 Å². The van der Waals surface area contributed by atoms with Gasteiger partial charge in [-0.1, -0.05) is 15.9 Å². The molecule has 18 heavy (non-hydrogen) atoms. The third-order valence-corrected chi connectivity index (χ3v) is 3.40. The summed E-state index contributed by atoms with van der Waals surface area (Å²) in [6.45, 7) is 0. The smallest absolute Gasteiger partial charge is 0.178 e. The van der Waals surface area contributed by atoms with Crippen LogP contribution in [0.5, 0.6) is 0 Å². The molecule has 0 saturated heterocycles. The Morgan fingerprint density at radius 2 is 2.11 bits per heavy atom. The molecule has 0 aliphatic rings. The summed E-state index contributed by atoms with van der Waals surface area (Å²) in [6, 6.07) is 9.69. The molecule has 0 amide bonds. The van der Waals surface area contributed by atoms with Crippen LogP contribution in [0, 0.1) is 0 Å². The first-order valence-electron chi connectivity index (χ1n) is 5.49. The third kappa shape index (κ3) is 1.67. The SMILES string of the molecule is Cn1c(-c2ccc(Br)cc2N)nc2ncccc21. The van der Waals surface area contributed by atoms with E-state index in [-0.39, 0.29) is 0 Å². The number of anilines is 1. The predicted octanol–water partition coefficient (Wildman–Crippen LogP) is 2.98. The summed E-state index contributed by atoms with van der Waals surface area (Å²) in [6.07, 6.45) is 1.74. The molecule has 2 N–H and O–H groups in total. The second-order valence-corrected chi connectivity index (χ2v) is 4.99. The molecule has 2 aromatic heterocycles. The second kappa shape index (κ2) is 4.10. The van der Waals surface area contributed by atoms with Crippen molar-refractivity contribution in [2.24, 2.45) is 7.05 Å². The fraction of sp³-hybridized carbons (Fsp3) is 0.0769. The van der Waals surface area contributed by atoms with Crippen molar-refractivity contribution in [3.63, 3.8) is 0 Å². The number of nitrogens with two attached hydrogens (primary N) is 1. The van der Waals surface area contributed by atoms with Gasteiger partial charge in [-0.2, -0.15) is 0 Å². The number of aryl methyl sites for hydroxylation is 1. The lowest BCUT2D eigenvalue weighted by Crippen LogP contribution is -1.96. The Morgan fingerprint density at radius 3 is 2.83 bits per heavy atom. The fourth-order valence-electron chi connectivity index (χ4n) is 2.00. The van der Waals surface area contributed by atoms with Crippen LogP contribution in [0.1, 0.15) is 0 Å². The Morgan fingerprint density at radius 1 is 1.28 bits per heavy atom. The van der Waals surface area contributed by atoms with Crippen LogP contribution in [0.4, 0.5) is 5.69 Å². The van der Waals surface area contributed by atoms with Crippen molar-refractivity contribution in [1.29, 1.82) is 0 Å². The zero-order chi connectivity index (χ0) is 12.7. The Kier molecular flexibility index (Phi) is 2.56. The number of pyridine rings is 1. The molecule has 0 radical (unpaired) electrons. The van der Waals surface area contributed by atoms with E-state index >= 15 is 0 Å². The summed E-state index contributed by atoms with van der Waals surface area (Å²) < 4.78 is 2.96. The average molecular weight is 303 g/mol. The Balaban J connectivity index is 2.28. The van der Waals surface area contributed by atoms with Crippen LogP contribution < -0.4 is 5.73 Å². The van der Waals surface area contributed by atoms with Crippen LogP contribution in [-0.2, 0) is 7.05 Å². The summed E-state index contributed by atoms with van der Waals surface area (Å²) in [7, 11) is 1.97. The Hall–Kier alpha value is -1.88. The van der Waals surface area contributed by atoms with Gasteiger partial charge in [0, 0.05) is 29.0 Å². The van der Waals surface area contributed by atoms with Crippen molar-refractivity contribution in [3.8, 4) is 11.4 Å². The lowest BCUT2D eigenvalue weighted by molar-refractivity contribution is 0.960. The van der Waals surface area contributed by atoms with E-state index in [2.05, 4.69) is 25.9 Å². The number of rotatable bonds is 1. The van der Waals surface area contributed by atoms with E-state index in [9.17, 15) is 0 Å². The first-order chi connectivity index (χ1) is 8.66. The molecule has 0 aliphatic heterocycles. The molecule has 0 unspecified atom stereocenters. The van der Waals surface area contributed by atoms with Crippen LogP contribution in [-0.4, -0.2) is 14.5 Å². The van der Waals surface area contributed by atoms with Crippen LogP contribution in [0.2, 0.25) is 0 Å². The van der Waals surface area contributed by atoms with Gasteiger partial charge in [0.25, 0.3) is 0 Å². The van der Waals surface area contributed by atoms with Crippen LogP contribution in [0.3, 0.4) is 0 Å². The number of halogens is 1. The minimum atomic E-state index is 0.697. The number of imidazole rings is 1. The van der Waals surface area contributed by atoms with E-state index < -0.39 is 0 Å². The van der Waals surface area contributed by atoms with Gasteiger partial charge in [-0.3, -0.25) is 0 Å². The highest BCUT2D eigenvalue weighted by molar-refractivity contribution is 9.10. The Bertz CT molecular complexity index is 733. The van der Waals surface area contributed by atoms with Crippen LogP contribution >= 0.6 is 15.9 Å². The highest BCUT2D eigenvalue weighted by Gasteiger charge is 2.12. The molecule has 0 saturated carbocycles. The van der Waals surface area contributed by atoms with Gasteiger partial charge in [-0.25, -0.2) is 9.97 Å². The number of nitrogens with zero attached hydrogens (tertiary/aromatic N) is 3. The largest absolute Gasteiger partial charge is 0.398 e. The van der Waals surface area contributed by atoms with E-state index in [1.165, 1.54) is 0 Å². The first kappa shape index (κ1) is 11.2. The molecule has 0 atom stereocenters. The fourth-order valence-corrected chi connectivity index (χ4v) is 2.38. The van der Waals surface area contributed by atoms with Crippen molar-refractivity contribution in [1.82, 2.24) is 14.5 Å². The molecule has 0 fully saturated rings. The van der Waals surface area contributed by atoms with Gasteiger partial charge in [0.15, 0.2) is 5.65 Å². The summed E-state index contributed by atoms with van der Waals surface area (Å²) in [5.41, 5.74) is 9.38. The number of aromatic nitrogens is 3. The number of hydrogen-bond donors (Lipinski definition) is 1. The zero-order valence-corrected chi connectivity index (χ0v) is 11.3. The minimum absolute atomic E-state index is 0.697. The predicted molar refractivity (Wildman–Crippen MR) is 76.1 cm³/mol. The number of fused-ring (bicyclic) bond motifs is 1. The van der Waals surface area contributed by atoms with E-state index in [0.29, 0.717) is 5.69 Å². The van der Waals surface area contributed by atoms with Crippen LogP contribution in [0.15, 0.2) is 41.0 Å². The van der Waals surface area contributed by atoms with E-state index in [4.69, 9.17) is 5.73 Å². The lowest BCUT2D eigenvalue weighted by Gasteiger charge is -2.06. The van der Waals surface area contributed by atoms with Gasteiger partial charge in [-0.15, -0.1) is 0 Å². The topological polar surface area (TPSA) is 56.7 Å². The summed E-state index contributed by atoms with van der Waals surface area (Å²) in [4.78, 5) is 8.78. The standard InChI is InChI=1S/C13H11BrN4/c1-18-11-3-2-6-16-12(11)17-13(18)9-5-4-8(14)7-10(9)15/h2-7H,15H2,1H3. The second-order valence-electron chi connectivity index (χ2n) is 4.07. The molecular formula is C13H11BrN4. The van der Waals surface area contributed by atoms with Gasteiger partial charge < -0.3 is 10.3 Å². The minimum Gasteiger partial charge on any atom is -0.398 e. The molecule has 0 spiro atoms. The van der Waals surface area contributed by atoms with Crippen LogP contribution in [0.25, 0.3) is 22.6 Å². The third-order valence-electron chi connectivity index (χ3n) is 2.91. The molecule has 90 valence electrons. The van der Waals surface area contributed by atoms with E-state index in [1.54, 1.807) is 6.20 Å². The van der Waals surface area contributed by atoms with E-state index in [0.717, 1.165) is 27.0 Å². The molecule has 3 rings (SSSR count). The molecule has 0 bridgehead atoms. The first-order valence-corrected chi connectivity index (χ1v) is 6.29. The van der Waals surface area contributed by atoms with Crippen molar-refractivity contribution >= 4 is 32.8 Å². The molecule has 3 aromatic rings. The highest BCUT2D eigenvalue weighted by atomic mass is 79.9. The van der Waals surface area contributed by atoms with Crippen molar-refractivity contribution in [3.05, 3.63) is 41.0 Å². The molecule has 4 nitrogen and oxygen atoms in total. The molecule has 5 heteroatoms. The quantitative estimate of drug-likeness (QED) is 0.703.